The van der Waals surface area contributed by atoms with E-state index < -0.39 is 0 Å². The molecule has 0 spiro atoms. The van der Waals surface area contributed by atoms with E-state index in [1.165, 1.54) is 44.7 Å². The van der Waals surface area contributed by atoms with E-state index in [-0.39, 0.29) is 0 Å². The summed E-state index contributed by atoms with van der Waals surface area (Å²) in [5.41, 5.74) is 15.0. The zero-order chi connectivity index (χ0) is 44.9. The number of aryl methyl sites for hydroxylation is 2. The van der Waals surface area contributed by atoms with Crippen molar-refractivity contribution in [1.29, 1.82) is 0 Å². The van der Waals surface area contributed by atoms with Crippen LogP contribution in [0, 0.1) is 13.8 Å². The normalized spacial score (nSPS) is 12.8. The highest BCUT2D eigenvalue weighted by molar-refractivity contribution is 5.99. The first kappa shape index (κ1) is 48.1. The molecular formula is C59H69N3. The topological polar surface area (TPSA) is 11.4 Å². The van der Waals surface area contributed by atoms with Crippen LogP contribution in [0.1, 0.15) is 89.5 Å². The molecule has 3 nitrogen and oxygen atoms in total. The van der Waals surface area contributed by atoms with E-state index in [1.54, 1.807) is 6.08 Å². The third-order valence-electron chi connectivity index (χ3n) is 10.4. The molecule has 1 aromatic heterocycles. The van der Waals surface area contributed by atoms with E-state index >= 15 is 0 Å². The van der Waals surface area contributed by atoms with Crippen LogP contribution < -0.4 is 9.80 Å². The van der Waals surface area contributed by atoms with Gasteiger partial charge in [0.1, 0.15) is 0 Å². The molecule has 3 heteroatoms. The van der Waals surface area contributed by atoms with E-state index in [0.717, 1.165) is 66.0 Å². The molecule has 0 radical (unpaired) electrons. The summed E-state index contributed by atoms with van der Waals surface area (Å²) in [6.07, 6.45) is 36.6. The number of anilines is 5. The Hall–Kier alpha value is -6.58. The summed E-state index contributed by atoms with van der Waals surface area (Å²) < 4.78 is 2.36. The van der Waals surface area contributed by atoms with Gasteiger partial charge in [-0.25, -0.2) is 0 Å². The minimum absolute atomic E-state index is 0.767. The Balaban J connectivity index is 0.00000113. The second kappa shape index (κ2) is 25.3. The van der Waals surface area contributed by atoms with Gasteiger partial charge >= 0.3 is 0 Å². The van der Waals surface area contributed by atoms with Crippen molar-refractivity contribution >= 4 is 50.6 Å². The summed E-state index contributed by atoms with van der Waals surface area (Å²) in [5, 5.41) is 1.22. The van der Waals surface area contributed by atoms with Crippen molar-refractivity contribution in [2.75, 3.05) is 9.80 Å². The molecule has 62 heavy (non-hydrogen) atoms. The molecule has 4 aromatic carbocycles. The van der Waals surface area contributed by atoms with Crippen LogP contribution in [-0.2, 0) is 6.42 Å². The molecule has 1 aliphatic rings. The molecule has 320 valence electrons. The Morgan fingerprint density at radius 1 is 0.742 bits per heavy atom. The molecule has 0 atom stereocenters. The fourth-order valence-electron chi connectivity index (χ4n) is 7.56. The van der Waals surface area contributed by atoms with Gasteiger partial charge in [-0.15, -0.1) is 6.58 Å². The molecule has 6 rings (SSSR count). The lowest BCUT2D eigenvalue weighted by atomic mass is 9.98. The molecule has 5 aromatic rings. The summed E-state index contributed by atoms with van der Waals surface area (Å²) in [4.78, 5) is 4.86. The smallest absolute Gasteiger partial charge is 0.0721 e. The van der Waals surface area contributed by atoms with Crippen molar-refractivity contribution in [2.45, 2.75) is 87.5 Å². The zero-order valence-corrected chi connectivity index (χ0v) is 38.7. The van der Waals surface area contributed by atoms with E-state index in [0.29, 0.717) is 0 Å². The summed E-state index contributed by atoms with van der Waals surface area (Å²) in [6.45, 7) is 28.5. The third kappa shape index (κ3) is 12.0. The summed E-state index contributed by atoms with van der Waals surface area (Å²) >= 11 is 0. The molecular weight excluding hydrogens is 751 g/mol. The van der Waals surface area contributed by atoms with Crippen molar-refractivity contribution in [3.05, 3.63) is 224 Å². The van der Waals surface area contributed by atoms with Gasteiger partial charge in [0, 0.05) is 45.7 Å². The highest BCUT2D eigenvalue weighted by Gasteiger charge is 2.24. The van der Waals surface area contributed by atoms with Crippen LogP contribution in [0.15, 0.2) is 202 Å². The highest BCUT2D eigenvalue weighted by Crippen LogP contribution is 2.44. The number of allylic oxidation sites excluding steroid dienone is 16. The quantitative estimate of drug-likeness (QED) is 0.0726. The minimum Gasteiger partial charge on any atom is -0.315 e. The number of aromatic nitrogens is 1. The number of fused-ring (bicyclic) bond motifs is 1. The lowest BCUT2D eigenvalue weighted by Gasteiger charge is -2.31. The Labute approximate surface area is 374 Å². The predicted molar refractivity (Wildman–Crippen MR) is 278 cm³/mol. The maximum Gasteiger partial charge on any atom is 0.0721 e. The molecule has 0 aliphatic heterocycles. The summed E-state index contributed by atoms with van der Waals surface area (Å²) in [6, 6.07) is 31.2. The second-order valence-corrected chi connectivity index (χ2v) is 14.8. The first-order chi connectivity index (χ1) is 30.3. The van der Waals surface area contributed by atoms with E-state index in [4.69, 9.17) is 0 Å². The number of hydrogen-bond acceptors (Lipinski definition) is 2. The molecule has 1 aliphatic carbocycles. The van der Waals surface area contributed by atoms with Gasteiger partial charge in [0.05, 0.1) is 11.2 Å². The lowest BCUT2D eigenvalue weighted by molar-refractivity contribution is 0.995. The van der Waals surface area contributed by atoms with Crippen molar-refractivity contribution in [2.24, 2.45) is 0 Å². The van der Waals surface area contributed by atoms with Crippen molar-refractivity contribution in [3.8, 4) is 0 Å². The summed E-state index contributed by atoms with van der Waals surface area (Å²) in [5.74, 6) is 0. The molecule has 0 fully saturated rings. The number of hydrogen-bond donors (Lipinski definition) is 0. The number of rotatable bonds is 16. The molecule has 0 amide bonds. The van der Waals surface area contributed by atoms with Crippen molar-refractivity contribution in [3.63, 3.8) is 0 Å². The van der Waals surface area contributed by atoms with Crippen LogP contribution in [0.3, 0.4) is 0 Å². The van der Waals surface area contributed by atoms with Crippen LogP contribution in [-0.4, -0.2) is 4.57 Å². The molecule has 0 unspecified atom stereocenters. The monoisotopic (exact) mass is 820 g/mol. The fourth-order valence-corrected chi connectivity index (χ4v) is 7.56. The Morgan fingerprint density at radius 3 is 2.11 bits per heavy atom. The van der Waals surface area contributed by atoms with Crippen LogP contribution in [0.2, 0.25) is 0 Å². The Kier molecular flexibility index (Phi) is 19.6. The molecule has 0 saturated carbocycles. The van der Waals surface area contributed by atoms with Gasteiger partial charge in [-0.1, -0.05) is 156 Å². The van der Waals surface area contributed by atoms with Crippen LogP contribution in [0.25, 0.3) is 22.2 Å². The van der Waals surface area contributed by atoms with Gasteiger partial charge in [0.15, 0.2) is 0 Å². The first-order valence-corrected chi connectivity index (χ1v) is 22.4. The van der Waals surface area contributed by atoms with Crippen LogP contribution >= 0.6 is 0 Å². The molecule has 0 bridgehead atoms. The SMILES string of the molecule is C=C/C=C\C.C=CCc1cc(/C(C=C)=C/C=C\C)cc(N(c2ccc(N(C3=CCCC=C3)c3cn(C(/C=C\CC)=C/CC)c4ccccc34)c(C)c2)c2ccccc2C)c1.CC. The summed E-state index contributed by atoms with van der Waals surface area (Å²) in [7, 11) is 0. The lowest BCUT2D eigenvalue weighted by Crippen LogP contribution is -2.18. The van der Waals surface area contributed by atoms with Gasteiger partial charge in [-0.3, -0.25) is 0 Å². The standard InChI is InChI=1S/C52H55N3.C5H8.C2H6/c1-8-13-25-42(12-5)43-35-41(22-10-3)36-47(37-43)54(49-30-20-18-24-39(49)6)46-32-33-50(40(7)34-46)55(45-27-16-15-17-28-45)52-38-53(44(23-11-4)26-14-9-2)51-31-21-19-29-48(51)52;1-3-5-4-2;1-2/h8,10,12-14,16,18-21,23-38H,3,5,9,11,15,17,22H2,1-2,4,6-7H3;3-5H,1H2,2H3;1-2H3/b13-8-,26-14-,42-25+,44-23+;5-4-;. The van der Waals surface area contributed by atoms with Gasteiger partial charge in [-0.2, -0.15) is 0 Å². The Bertz CT molecular complexity index is 2490. The van der Waals surface area contributed by atoms with Crippen LogP contribution in [0.5, 0.6) is 0 Å². The Morgan fingerprint density at radius 2 is 1.48 bits per heavy atom. The second-order valence-electron chi connectivity index (χ2n) is 14.8. The van der Waals surface area contributed by atoms with E-state index in [1.807, 2.05) is 58.1 Å². The maximum absolute atomic E-state index is 4.17. The average Bonchev–Trinajstić information content (AvgIpc) is 3.67. The van der Waals surface area contributed by atoms with Gasteiger partial charge in [-0.05, 0) is 142 Å². The molecule has 0 saturated heterocycles. The highest BCUT2D eigenvalue weighted by atomic mass is 15.2. The first-order valence-electron chi connectivity index (χ1n) is 22.4. The van der Waals surface area contributed by atoms with E-state index in [2.05, 4.69) is 202 Å². The van der Waals surface area contributed by atoms with Crippen molar-refractivity contribution in [1.82, 2.24) is 4.57 Å². The number of benzene rings is 4. The molecule has 1 heterocycles. The fraction of sp³-hybridized carbons (Fsp3) is 0.220. The average molecular weight is 820 g/mol. The minimum atomic E-state index is 0.767. The number of nitrogens with zero attached hydrogens (tertiary/aromatic N) is 3. The maximum atomic E-state index is 4.17. The van der Waals surface area contributed by atoms with Crippen molar-refractivity contribution < 1.29 is 0 Å². The van der Waals surface area contributed by atoms with Gasteiger partial charge in [0.25, 0.3) is 0 Å². The van der Waals surface area contributed by atoms with Gasteiger partial charge < -0.3 is 14.4 Å². The largest absolute Gasteiger partial charge is 0.315 e. The molecule has 0 N–H and O–H groups in total. The van der Waals surface area contributed by atoms with Gasteiger partial charge in [0.2, 0.25) is 0 Å². The van der Waals surface area contributed by atoms with E-state index in [9.17, 15) is 0 Å². The number of para-hydroxylation sites is 2. The van der Waals surface area contributed by atoms with Crippen LogP contribution in [0.4, 0.5) is 28.4 Å². The third-order valence-corrected chi connectivity index (χ3v) is 10.4. The zero-order valence-electron chi connectivity index (χ0n) is 38.7. The predicted octanol–water partition coefficient (Wildman–Crippen LogP) is 18.0.